The molecule has 1 fully saturated rings. The molecule has 0 aliphatic carbocycles. The molecular formula is C17H31N3O4. The highest BCUT2D eigenvalue weighted by molar-refractivity contribution is 5.86. The van der Waals surface area contributed by atoms with Gasteiger partial charge in [0.1, 0.15) is 5.60 Å². The fourth-order valence-corrected chi connectivity index (χ4v) is 2.46. The molecule has 3 amide bonds. The van der Waals surface area contributed by atoms with Crippen molar-refractivity contribution in [2.45, 2.75) is 65.5 Å². The maximum Gasteiger partial charge on any atom is 0.410 e. The number of ether oxygens (including phenoxy) is 1. The van der Waals surface area contributed by atoms with Crippen molar-refractivity contribution < 1.29 is 19.1 Å². The van der Waals surface area contributed by atoms with Crippen molar-refractivity contribution in [3.05, 3.63) is 0 Å². The Morgan fingerprint density at radius 3 is 2.29 bits per heavy atom. The van der Waals surface area contributed by atoms with E-state index in [0.29, 0.717) is 19.5 Å². The molecule has 2 N–H and O–H groups in total. The van der Waals surface area contributed by atoms with Gasteiger partial charge in [0.2, 0.25) is 11.8 Å². The van der Waals surface area contributed by atoms with Crippen LogP contribution in [0.5, 0.6) is 0 Å². The predicted molar refractivity (Wildman–Crippen MR) is 91.4 cm³/mol. The van der Waals surface area contributed by atoms with Gasteiger partial charge in [-0.3, -0.25) is 9.59 Å². The molecule has 0 radical (unpaired) electrons. The molecule has 0 saturated carbocycles. The molecule has 1 unspecified atom stereocenters. The second kappa shape index (κ2) is 7.85. The summed E-state index contributed by atoms with van der Waals surface area (Å²) in [6.45, 7) is 11.9. The minimum Gasteiger partial charge on any atom is -0.444 e. The number of carbonyl (C=O) groups is 3. The fraction of sp³-hybridized carbons (Fsp3) is 0.824. The molecule has 0 aromatic carbocycles. The van der Waals surface area contributed by atoms with Crippen LogP contribution in [0.15, 0.2) is 0 Å². The third-order valence-corrected chi connectivity index (χ3v) is 3.38. The lowest BCUT2D eigenvalue weighted by Crippen LogP contribution is -2.50. The maximum absolute atomic E-state index is 12.3. The molecule has 138 valence electrons. The van der Waals surface area contributed by atoms with E-state index in [2.05, 4.69) is 10.6 Å². The molecule has 7 heteroatoms. The summed E-state index contributed by atoms with van der Waals surface area (Å²) >= 11 is 0. The van der Waals surface area contributed by atoms with Crippen LogP contribution in [0, 0.1) is 5.92 Å². The summed E-state index contributed by atoms with van der Waals surface area (Å²) in [4.78, 5) is 37.7. The van der Waals surface area contributed by atoms with E-state index in [4.69, 9.17) is 4.74 Å². The minimum absolute atomic E-state index is 0.0565. The van der Waals surface area contributed by atoms with Crippen LogP contribution >= 0.6 is 0 Å². The topological polar surface area (TPSA) is 87.7 Å². The normalized spacial score (nSPS) is 18.8. The first-order chi connectivity index (χ1) is 10.9. The molecule has 1 rings (SSSR count). The Balaban J connectivity index is 2.48. The summed E-state index contributed by atoms with van der Waals surface area (Å²) in [5.74, 6) is -0.739. The van der Waals surface area contributed by atoms with Gasteiger partial charge < -0.3 is 20.3 Å². The van der Waals surface area contributed by atoms with Crippen LogP contribution in [0.2, 0.25) is 0 Å². The van der Waals surface area contributed by atoms with Crippen molar-refractivity contribution in [2.75, 3.05) is 19.6 Å². The zero-order chi connectivity index (χ0) is 18.5. The van der Waals surface area contributed by atoms with Crippen LogP contribution in [0.4, 0.5) is 4.79 Å². The van der Waals surface area contributed by atoms with E-state index in [-0.39, 0.29) is 29.8 Å². The third-order valence-electron chi connectivity index (χ3n) is 3.38. The summed E-state index contributed by atoms with van der Waals surface area (Å²) in [7, 11) is 0. The Morgan fingerprint density at radius 2 is 1.75 bits per heavy atom. The van der Waals surface area contributed by atoms with Gasteiger partial charge in [-0.1, -0.05) is 0 Å². The van der Waals surface area contributed by atoms with E-state index in [9.17, 15) is 14.4 Å². The smallest absolute Gasteiger partial charge is 0.410 e. The van der Waals surface area contributed by atoms with Gasteiger partial charge in [-0.05, 0) is 54.4 Å². The first-order valence-electron chi connectivity index (χ1n) is 8.44. The number of carbonyl (C=O) groups excluding carboxylic acids is 3. The molecule has 1 aliphatic rings. The van der Waals surface area contributed by atoms with Gasteiger partial charge in [0, 0.05) is 18.6 Å². The van der Waals surface area contributed by atoms with Crippen molar-refractivity contribution in [3.8, 4) is 0 Å². The Morgan fingerprint density at radius 1 is 1.12 bits per heavy atom. The summed E-state index contributed by atoms with van der Waals surface area (Å²) in [5.41, 5.74) is -0.891. The number of rotatable bonds is 3. The van der Waals surface area contributed by atoms with Crippen molar-refractivity contribution >= 4 is 17.9 Å². The van der Waals surface area contributed by atoms with E-state index in [1.807, 2.05) is 41.5 Å². The SMILES string of the molecule is CC(C)(C)NC(=O)CNC(=O)C1CCCN(C(=O)OC(C)(C)C)C1. The number of likely N-dealkylation sites (tertiary alicyclic amines) is 1. The summed E-state index contributed by atoms with van der Waals surface area (Å²) < 4.78 is 5.35. The van der Waals surface area contributed by atoms with Crippen LogP contribution in [0.3, 0.4) is 0 Å². The lowest BCUT2D eigenvalue weighted by atomic mass is 9.97. The van der Waals surface area contributed by atoms with Crippen molar-refractivity contribution in [2.24, 2.45) is 5.92 Å². The molecule has 0 aromatic heterocycles. The first kappa shape index (κ1) is 20.3. The highest BCUT2D eigenvalue weighted by Crippen LogP contribution is 2.19. The molecule has 1 heterocycles. The Hall–Kier alpha value is -1.79. The predicted octanol–water partition coefficient (Wildman–Crippen LogP) is 1.66. The van der Waals surface area contributed by atoms with E-state index in [0.717, 1.165) is 6.42 Å². The number of nitrogens with zero attached hydrogens (tertiary/aromatic N) is 1. The Labute approximate surface area is 144 Å². The molecule has 0 spiro atoms. The van der Waals surface area contributed by atoms with Gasteiger partial charge in [0.15, 0.2) is 0 Å². The zero-order valence-electron chi connectivity index (χ0n) is 15.7. The Kier molecular flexibility index (Phi) is 6.63. The average Bonchev–Trinajstić information content (AvgIpc) is 2.41. The molecule has 24 heavy (non-hydrogen) atoms. The molecule has 1 saturated heterocycles. The van der Waals surface area contributed by atoms with Crippen molar-refractivity contribution in [1.29, 1.82) is 0 Å². The standard InChI is InChI=1S/C17H31N3O4/c1-16(2,3)19-13(21)10-18-14(22)12-8-7-9-20(11-12)15(23)24-17(4,5)6/h12H,7-11H2,1-6H3,(H,18,22)(H,19,21). The maximum atomic E-state index is 12.3. The minimum atomic E-state index is -0.558. The number of amides is 3. The van der Waals surface area contributed by atoms with Crippen LogP contribution in [0.1, 0.15) is 54.4 Å². The lowest BCUT2D eigenvalue weighted by molar-refractivity contribution is -0.130. The largest absolute Gasteiger partial charge is 0.444 e. The van der Waals surface area contributed by atoms with Gasteiger partial charge in [0.25, 0.3) is 0 Å². The van der Waals surface area contributed by atoms with Gasteiger partial charge in [0.05, 0.1) is 12.5 Å². The number of hydrogen-bond donors (Lipinski definition) is 2. The molecule has 1 atom stereocenters. The van der Waals surface area contributed by atoms with Gasteiger partial charge in [-0.15, -0.1) is 0 Å². The van der Waals surface area contributed by atoms with E-state index in [1.54, 1.807) is 4.90 Å². The fourth-order valence-electron chi connectivity index (χ4n) is 2.46. The van der Waals surface area contributed by atoms with E-state index >= 15 is 0 Å². The van der Waals surface area contributed by atoms with Crippen molar-refractivity contribution in [1.82, 2.24) is 15.5 Å². The molecule has 0 bridgehead atoms. The Bertz CT molecular complexity index is 477. The van der Waals surface area contributed by atoms with E-state index in [1.165, 1.54) is 0 Å². The number of piperidine rings is 1. The van der Waals surface area contributed by atoms with E-state index < -0.39 is 11.7 Å². The van der Waals surface area contributed by atoms with Crippen LogP contribution in [0.25, 0.3) is 0 Å². The number of nitrogens with one attached hydrogen (secondary N) is 2. The second-order valence-electron chi connectivity index (χ2n) is 8.28. The average molecular weight is 341 g/mol. The van der Waals surface area contributed by atoms with Gasteiger partial charge in [-0.25, -0.2) is 4.79 Å². The summed E-state index contributed by atoms with van der Waals surface area (Å²) in [5, 5.41) is 5.44. The number of hydrogen-bond acceptors (Lipinski definition) is 4. The monoisotopic (exact) mass is 341 g/mol. The van der Waals surface area contributed by atoms with Gasteiger partial charge in [-0.2, -0.15) is 0 Å². The van der Waals surface area contributed by atoms with Crippen LogP contribution in [-0.2, 0) is 14.3 Å². The molecule has 7 nitrogen and oxygen atoms in total. The second-order valence-corrected chi connectivity index (χ2v) is 8.28. The van der Waals surface area contributed by atoms with Gasteiger partial charge >= 0.3 is 6.09 Å². The quantitative estimate of drug-likeness (QED) is 0.817. The zero-order valence-corrected chi connectivity index (χ0v) is 15.7. The molecular weight excluding hydrogens is 310 g/mol. The van der Waals surface area contributed by atoms with Crippen LogP contribution in [-0.4, -0.2) is 53.6 Å². The third kappa shape index (κ3) is 7.66. The molecule has 1 aliphatic heterocycles. The lowest BCUT2D eigenvalue weighted by Gasteiger charge is -2.33. The summed E-state index contributed by atoms with van der Waals surface area (Å²) in [6.07, 6.45) is 1.04. The summed E-state index contributed by atoms with van der Waals surface area (Å²) in [6, 6.07) is 0. The first-order valence-corrected chi connectivity index (χ1v) is 8.44. The highest BCUT2D eigenvalue weighted by atomic mass is 16.6. The highest BCUT2D eigenvalue weighted by Gasteiger charge is 2.31. The molecule has 0 aromatic rings. The van der Waals surface area contributed by atoms with Crippen LogP contribution < -0.4 is 10.6 Å². The van der Waals surface area contributed by atoms with Crippen molar-refractivity contribution in [3.63, 3.8) is 0 Å².